The summed E-state index contributed by atoms with van der Waals surface area (Å²) in [4.78, 5) is 27.4. The topological polar surface area (TPSA) is 57.6 Å². The van der Waals surface area contributed by atoms with Crippen LogP contribution >= 0.6 is 0 Å². The highest BCUT2D eigenvalue weighted by molar-refractivity contribution is 5.84. The lowest BCUT2D eigenvalue weighted by Gasteiger charge is -2.39. The lowest BCUT2D eigenvalue weighted by Crippen LogP contribution is -2.46. The van der Waals surface area contributed by atoms with Gasteiger partial charge >= 0.3 is 5.97 Å². The molecule has 0 bridgehead atoms. The number of carboxylic acids is 1. The van der Waals surface area contributed by atoms with Crippen LogP contribution in [0.3, 0.4) is 0 Å². The van der Waals surface area contributed by atoms with Crippen molar-refractivity contribution in [1.82, 2.24) is 4.90 Å². The Bertz CT molecular complexity index is 790. The number of aliphatic carboxylic acids is 1. The number of carbonyl (C=O) groups is 2. The van der Waals surface area contributed by atoms with E-state index in [1.807, 2.05) is 79.4 Å². The second-order valence-corrected chi connectivity index (χ2v) is 8.62. The fraction of sp³-hybridized carbons (Fsp3) is 0.417. The van der Waals surface area contributed by atoms with Crippen LogP contribution in [0.25, 0.3) is 0 Å². The molecule has 1 saturated carbocycles. The first-order chi connectivity index (χ1) is 13.3. The van der Waals surface area contributed by atoms with Crippen molar-refractivity contribution in [3.63, 3.8) is 0 Å². The van der Waals surface area contributed by atoms with Gasteiger partial charge in [0, 0.05) is 19.0 Å². The Balaban J connectivity index is 1.89. The normalized spacial score (nSPS) is 23.3. The average Bonchev–Trinajstić information content (AvgIpc) is 2.93. The highest BCUT2D eigenvalue weighted by Crippen LogP contribution is 2.56. The summed E-state index contributed by atoms with van der Waals surface area (Å²) in [6.07, 6.45) is 1.13. The smallest absolute Gasteiger partial charge is 0.309 e. The molecule has 1 aliphatic carbocycles. The maximum Gasteiger partial charge on any atom is 0.309 e. The Morgan fingerprint density at radius 3 is 1.79 bits per heavy atom. The third kappa shape index (κ3) is 3.68. The van der Waals surface area contributed by atoms with Crippen LogP contribution in [-0.2, 0) is 22.7 Å². The molecule has 2 aromatic carbocycles. The number of nitrogens with zero attached hydrogens (tertiary/aromatic N) is 1. The van der Waals surface area contributed by atoms with Crippen LogP contribution in [0.4, 0.5) is 0 Å². The summed E-state index contributed by atoms with van der Waals surface area (Å²) in [5, 5.41) is 9.79. The van der Waals surface area contributed by atoms with Crippen molar-refractivity contribution in [3.05, 3.63) is 71.8 Å². The van der Waals surface area contributed by atoms with Gasteiger partial charge < -0.3 is 10.0 Å². The maximum absolute atomic E-state index is 13.6. The summed E-state index contributed by atoms with van der Waals surface area (Å²) in [5.41, 5.74) is 0.646. The molecule has 3 rings (SSSR count). The predicted octanol–water partition coefficient (Wildman–Crippen LogP) is 4.74. The summed E-state index contributed by atoms with van der Waals surface area (Å²) in [7, 11) is 0. The first-order valence-corrected chi connectivity index (χ1v) is 9.86. The molecule has 4 nitrogen and oxygen atoms in total. The Labute approximate surface area is 167 Å². The van der Waals surface area contributed by atoms with Crippen molar-refractivity contribution in [2.24, 2.45) is 16.7 Å². The summed E-state index contributed by atoms with van der Waals surface area (Å²) in [5.74, 6) is -1.07. The monoisotopic (exact) mass is 379 g/mol. The van der Waals surface area contributed by atoms with Gasteiger partial charge in [-0.25, -0.2) is 0 Å². The van der Waals surface area contributed by atoms with E-state index in [2.05, 4.69) is 0 Å². The van der Waals surface area contributed by atoms with E-state index in [0.29, 0.717) is 25.9 Å². The highest BCUT2D eigenvalue weighted by atomic mass is 16.4. The van der Waals surface area contributed by atoms with E-state index in [1.54, 1.807) is 6.92 Å². The van der Waals surface area contributed by atoms with Crippen molar-refractivity contribution >= 4 is 11.9 Å². The van der Waals surface area contributed by atoms with Gasteiger partial charge in [-0.1, -0.05) is 74.5 Å². The highest BCUT2D eigenvalue weighted by Gasteiger charge is 2.58. The van der Waals surface area contributed by atoms with Crippen molar-refractivity contribution < 1.29 is 14.7 Å². The number of carboxylic acid groups (broad SMARTS) is 1. The fourth-order valence-corrected chi connectivity index (χ4v) is 4.36. The van der Waals surface area contributed by atoms with Crippen LogP contribution in [0, 0.1) is 16.7 Å². The van der Waals surface area contributed by atoms with E-state index in [4.69, 9.17) is 0 Å². The third-order valence-electron chi connectivity index (χ3n) is 6.74. The maximum atomic E-state index is 13.6. The van der Waals surface area contributed by atoms with Crippen molar-refractivity contribution in [3.8, 4) is 0 Å². The van der Waals surface area contributed by atoms with Gasteiger partial charge in [0.05, 0.1) is 5.41 Å². The molecule has 148 valence electrons. The van der Waals surface area contributed by atoms with Gasteiger partial charge in [-0.3, -0.25) is 9.59 Å². The minimum absolute atomic E-state index is 0.0441. The molecule has 0 aliphatic heterocycles. The van der Waals surface area contributed by atoms with Crippen LogP contribution in [0.5, 0.6) is 0 Å². The van der Waals surface area contributed by atoms with E-state index in [0.717, 1.165) is 11.1 Å². The molecule has 2 unspecified atom stereocenters. The molecule has 0 spiro atoms. The first kappa shape index (κ1) is 20.1. The Kier molecular flexibility index (Phi) is 5.59. The van der Waals surface area contributed by atoms with E-state index in [9.17, 15) is 14.7 Å². The van der Waals surface area contributed by atoms with E-state index >= 15 is 0 Å². The van der Waals surface area contributed by atoms with Crippen molar-refractivity contribution in [1.29, 1.82) is 0 Å². The van der Waals surface area contributed by atoms with Gasteiger partial charge in [0.15, 0.2) is 0 Å². The molecule has 0 radical (unpaired) electrons. The van der Waals surface area contributed by atoms with E-state index < -0.39 is 16.8 Å². The second kappa shape index (κ2) is 7.78. The zero-order valence-corrected chi connectivity index (χ0v) is 16.9. The second-order valence-electron chi connectivity index (χ2n) is 8.62. The molecule has 28 heavy (non-hydrogen) atoms. The molecular formula is C24H29NO3. The molecule has 1 N–H and O–H groups in total. The van der Waals surface area contributed by atoms with Crippen LogP contribution in [0.15, 0.2) is 60.7 Å². The van der Waals surface area contributed by atoms with Gasteiger partial charge in [0.1, 0.15) is 0 Å². The van der Waals surface area contributed by atoms with Gasteiger partial charge in [-0.05, 0) is 36.3 Å². The predicted molar refractivity (Wildman–Crippen MR) is 109 cm³/mol. The molecule has 1 aliphatic rings. The van der Waals surface area contributed by atoms with Gasteiger partial charge in [-0.2, -0.15) is 0 Å². The lowest BCUT2D eigenvalue weighted by molar-refractivity contribution is -0.156. The Hall–Kier alpha value is -2.62. The fourth-order valence-electron chi connectivity index (χ4n) is 4.36. The summed E-state index contributed by atoms with van der Waals surface area (Å²) >= 11 is 0. The molecule has 0 aromatic heterocycles. The summed E-state index contributed by atoms with van der Waals surface area (Å²) in [6.45, 7) is 6.68. The number of carbonyl (C=O) groups excluding carboxylic acids is 1. The molecule has 2 atom stereocenters. The molecule has 1 fully saturated rings. The number of amides is 1. The molecule has 0 saturated heterocycles. The minimum Gasteiger partial charge on any atom is -0.481 e. The van der Waals surface area contributed by atoms with Crippen LogP contribution < -0.4 is 0 Å². The number of hydrogen-bond acceptors (Lipinski definition) is 2. The molecule has 2 aromatic rings. The van der Waals surface area contributed by atoms with E-state index in [-0.39, 0.29) is 11.8 Å². The molecule has 0 heterocycles. The molecule has 1 amide bonds. The van der Waals surface area contributed by atoms with Gasteiger partial charge in [-0.15, -0.1) is 0 Å². The van der Waals surface area contributed by atoms with Crippen LogP contribution in [-0.4, -0.2) is 21.9 Å². The Morgan fingerprint density at radius 1 is 0.929 bits per heavy atom. The first-order valence-electron chi connectivity index (χ1n) is 9.86. The third-order valence-corrected chi connectivity index (χ3v) is 6.74. The SMILES string of the molecule is CC1(C(=O)O)CCC(C(=O)N(Cc2ccccc2)Cc2ccccc2)C1(C)C. The zero-order valence-electron chi connectivity index (χ0n) is 16.9. The minimum atomic E-state index is -0.890. The van der Waals surface area contributed by atoms with Crippen LogP contribution in [0.2, 0.25) is 0 Å². The zero-order chi connectivity index (χ0) is 20.4. The molecule has 4 heteroatoms. The van der Waals surface area contributed by atoms with Crippen LogP contribution in [0.1, 0.15) is 44.7 Å². The largest absolute Gasteiger partial charge is 0.481 e. The van der Waals surface area contributed by atoms with E-state index in [1.165, 1.54) is 0 Å². The van der Waals surface area contributed by atoms with Crippen molar-refractivity contribution in [2.45, 2.75) is 46.7 Å². The number of rotatable bonds is 6. The summed E-state index contributed by atoms with van der Waals surface area (Å²) in [6, 6.07) is 19.9. The summed E-state index contributed by atoms with van der Waals surface area (Å²) < 4.78 is 0. The number of benzene rings is 2. The van der Waals surface area contributed by atoms with Gasteiger partial charge in [0.2, 0.25) is 5.91 Å². The molecular weight excluding hydrogens is 350 g/mol. The standard InChI is InChI=1S/C24H29NO3/c1-23(2)20(14-15-24(23,3)22(27)28)21(26)25(16-18-10-6-4-7-11-18)17-19-12-8-5-9-13-19/h4-13,20H,14-17H2,1-3H3,(H,27,28). The van der Waals surface area contributed by atoms with Crippen molar-refractivity contribution in [2.75, 3.05) is 0 Å². The quantitative estimate of drug-likeness (QED) is 0.788. The van der Waals surface area contributed by atoms with Gasteiger partial charge in [0.25, 0.3) is 0 Å². The number of hydrogen-bond donors (Lipinski definition) is 1. The average molecular weight is 380 g/mol. The lowest BCUT2D eigenvalue weighted by atomic mass is 9.65. The Morgan fingerprint density at radius 2 is 1.39 bits per heavy atom.